The van der Waals surface area contributed by atoms with E-state index in [1.54, 1.807) is 11.8 Å². The molecule has 15 heavy (non-hydrogen) atoms. The molecule has 0 aliphatic carbocycles. The third kappa shape index (κ3) is 4.00. The fraction of sp³-hybridized carbons (Fsp3) is 0.385. The largest absolute Gasteiger partial charge is 0.382 e. The van der Waals surface area contributed by atoms with Crippen LogP contribution >= 0.6 is 11.8 Å². The Labute approximate surface area is 97.0 Å². The molecule has 1 nitrogen and oxygen atoms in total. The van der Waals surface area contributed by atoms with Gasteiger partial charge in [-0.2, -0.15) is 0 Å². The van der Waals surface area contributed by atoms with Crippen LogP contribution in [0.2, 0.25) is 0 Å². The Kier molecular flexibility index (Phi) is 5.33. The maximum absolute atomic E-state index is 3.74. The van der Waals surface area contributed by atoms with Gasteiger partial charge in [-0.15, -0.1) is 18.3 Å². The van der Waals surface area contributed by atoms with Crippen molar-refractivity contribution in [1.82, 2.24) is 0 Å². The normalized spacial score (nSPS) is 12.1. The van der Waals surface area contributed by atoms with Gasteiger partial charge in [0.15, 0.2) is 0 Å². The molecule has 0 aromatic heterocycles. The number of rotatable bonds is 6. The third-order valence-electron chi connectivity index (χ3n) is 2.31. The molecule has 1 N–H and O–H groups in total. The van der Waals surface area contributed by atoms with Crippen molar-refractivity contribution in [3.8, 4) is 0 Å². The van der Waals surface area contributed by atoms with Crippen LogP contribution in [0.3, 0.4) is 0 Å². The number of anilines is 1. The number of hydrogen-bond donors (Lipinski definition) is 1. The third-order valence-corrected chi connectivity index (χ3v) is 3.11. The summed E-state index contributed by atoms with van der Waals surface area (Å²) in [5, 5.41) is 3.53. The summed E-state index contributed by atoms with van der Waals surface area (Å²) in [5.74, 6) is 0. The summed E-state index contributed by atoms with van der Waals surface area (Å²) in [6, 6.07) is 8.92. The van der Waals surface area contributed by atoms with E-state index in [9.17, 15) is 0 Å². The summed E-state index contributed by atoms with van der Waals surface area (Å²) in [6.07, 6.45) is 6.27. The topological polar surface area (TPSA) is 12.0 Å². The second-order valence-corrected chi connectivity index (χ2v) is 4.46. The van der Waals surface area contributed by atoms with E-state index in [0.29, 0.717) is 6.04 Å². The van der Waals surface area contributed by atoms with Crippen molar-refractivity contribution in [2.75, 3.05) is 11.6 Å². The van der Waals surface area contributed by atoms with Gasteiger partial charge in [0.2, 0.25) is 0 Å². The fourth-order valence-electron chi connectivity index (χ4n) is 1.47. The van der Waals surface area contributed by atoms with Crippen LogP contribution in [0.25, 0.3) is 0 Å². The van der Waals surface area contributed by atoms with E-state index in [2.05, 4.69) is 49.3 Å². The van der Waals surface area contributed by atoms with Crippen molar-refractivity contribution in [2.24, 2.45) is 0 Å². The van der Waals surface area contributed by atoms with Gasteiger partial charge in [0.25, 0.3) is 0 Å². The maximum Gasteiger partial charge on any atom is 0.0480 e. The highest BCUT2D eigenvalue weighted by molar-refractivity contribution is 7.98. The molecular weight excluding hydrogens is 202 g/mol. The molecule has 0 bridgehead atoms. The lowest BCUT2D eigenvalue weighted by Gasteiger charge is -2.16. The molecule has 2 heteroatoms. The van der Waals surface area contributed by atoms with E-state index in [-0.39, 0.29) is 0 Å². The Bertz CT molecular complexity index is 309. The van der Waals surface area contributed by atoms with E-state index in [0.717, 1.165) is 12.8 Å². The van der Waals surface area contributed by atoms with Crippen LogP contribution in [-0.4, -0.2) is 12.3 Å². The number of allylic oxidation sites excluding steroid dienone is 1. The number of thioether (sulfide) groups is 1. The first-order chi connectivity index (χ1) is 7.27. The Hall–Kier alpha value is -0.890. The molecule has 0 fully saturated rings. The SMILES string of the molecule is C=CCC[C@H](C)Nc1ccccc1SC. The molecular formula is C13H19NS. The summed E-state index contributed by atoms with van der Waals surface area (Å²) >= 11 is 1.78. The van der Waals surface area contributed by atoms with Crippen molar-refractivity contribution in [1.29, 1.82) is 0 Å². The number of benzene rings is 1. The molecule has 1 aromatic carbocycles. The molecule has 0 heterocycles. The second kappa shape index (κ2) is 6.57. The molecule has 0 aliphatic rings. The van der Waals surface area contributed by atoms with E-state index in [1.807, 2.05) is 6.08 Å². The first-order valence-corrected chi connectivity index (χ1v) is 6.51. The lowest BCUT2D eigenvalue weighted by Crippen LogP contribution is -2.14. The van der Waals surface area contributed by atoms with Crippen molar-refractivity contribution in [3.05, 3.63) is 36.9 Å². The van der Waals surface area contributed by atoms with E-state index in [1.165, 1.54) is 10.6 Å². The lowest BCUT2D eigenvalue weighted by atomic mass is 10.1. The number of para-hydroxylation sites is 1. The molecule has 0 saturated carbocycles. The van der Waals surface area contributed by atoms with E-state index in [4.69, 9.17) is 0 Å². The summed E-state index contributed by atoms with van der Waals surface area (Å²) in [4.78, 5) is 1.31. The van der Waals surface area contributed by atoms with Gasteiger partial charge in [-0.05, 0) is 38.2 Å². The van der Waals surface area contributed by atoms with Gasteiger partial charge >= 0.3 is 0 Å². The van der Waals surface area contributed by atoms with Crippen molar-refractivity contribution in [3.63, 3.8) is 0 Å². The summed E-state index contributed by atoms with van der Waals surface area (Å²) < 4.78 is 0. The highest BCUT2D eigenvalue weighted by Gasteiger charge is 2.04. The zero-order valence-electron chi connectivity index (χ0n) is 9.49. The molecule has 0 radical (unpaired) electrons. The van der Waals surface area contributed by atoms with Gasteiger partial charge in [0.05, 0.1) is 0 Å². The van der Waals surface area contributed by atoms with Gasteiger partial charge < -0.3 is 5.32 Å². The van der Waals surface area contributed by atoms with Crippen molar-refractivity contribution >= 4 is 17.4 Å². The lowest BCUT2D eigenvalue weighted by molar-refractivity contribution is 0.717. The quantitative estimate of drug-likeness (QED) is 0.571. The average molecular weight is 221 g/mol. The molecule has 0 amide bonds. The second-order valence-electron chi connectivity index (χ2n) is 3.61. The fourth-order valence-corrected chi connectivity index (χ4v) is 2.03. The Morgan fingerprint density at radius 1 is 1.47 bits per heavy atom. The van der Waals surface area contributed by atoms with Crippen LogP contribution in [0.5, 0.6) is 0 Å². The van der Waals surface area contributed by atoms with Crippen LogP contribution in [0, 0.1) is 0 Å². The van der Waals surface area contributed by atoms with Crippen LogP contribution < -0.4 is 5.32 Å². The van der Waals surface area contributed by atoms with Crippen molar-refractivity contribution < 1.29 is 0 Å². The highest BCUT2D eigenvalue weighted by atomic mass is 32.2. The minimum Gasteiger partial charge on any atom is -0.382 e. The molecule has 0 saturated heterocycles. The first-order valence-electron chi connectivity index (χ1n) is 5.28. The maximum atomic E-state index is 3.74. The molecule has 0 aliphatic heterocycles. The predicted molar refractivity (Wildman–Crippen MR) is 70.7 cm³/mol. The van der Waals surface area contributed by atoms with Crippen LogP contribution in [0.4, 0.5) is 5.69 Å². The molecule has 1 atom stereocenters. The van der Waals surface area contributed by atoms with Crippen LogP contribution in [-0.2, 0) is 0 Å². The summed E-state index contributed by atoms with van der Waals surface area (Å²) in [7, 11) is 0. The van der Waals surface area contributed by atoms with E-state index >= 15 is 0 Å². The smallest absolute Gasteiger partial charge is 0.0480 e. The van der Waals surface area contributed by atoms with Gasteiger partial charge in [-0.3, -0.25) is 0 Å². The van der Waals surface area contributed by atoms with Crippen LogP contribution in [0.1, 0.15) is 19.8 Å². The van der Waals surface area contributed by atoms with Gasteiger partial charge in [0.1, 0.15) is 0 Å². The Balaban J connectivity index is 2.58. The van der Waals surface area contributed by atoms with Gasteiger partial charge in [0, 0.05) is 16.6 Å². The molecule has 82 valence electrons. The Morgan fingerprint density at radius 2 is 2.20 bits per heavy atom. The standard InChI is InChI=1S/C13H19NS/c1-4-5-8-11(2)14-12-9-6-7-10-13(12)15-3/h4,6-7,9-11,14H,1,5,8H2,2-3H3/t11-/m0/s1. The minimum atomic E-state index is 0.497. The molecule has 1 aromatic rings. The zero-order chi connectivity index (χ0) is 11.1. The molecule has 1 rings (SSSR count). The van der Waals surface area contributed by atoms with Crippen LogP contribution in [0.15, 0.2) is 41.8 Å². The van der Waals surface area contributed by atoms with E-state index < -0.39 is 0 Å². The first kappa shape index (κ1) is 12.2. The predicted octanol–water partition coefficient (Wildman–Crippen LogP) is 4.18. The minimum absolute atomic E-state index is 0.497. The van der Waals surface area contributed by atoms with Gasteiger partial charge in [-0.1, -0.05) is 18.2 Å². The average Bonchev–Trinajstić information content (AvgIpc) is 2.27. The van der Waals surface area contributed by atoms with Crippen molar-refractivity contribution in [2.45, 2.75) is 30.7 Å². The molecule has 0 spiro atoms. The zero-order valence-corrected chi connectivity index (χ0v) is 10.3. The summed E-state index contributed by atoms with van der Waals surface area (Å²) in [5.41, 5.74) is 1.24. The number of hydrogen-bond acceptors (Lipinski definition) is 2. The number of nitrogens with one attached hydrogen (secondary N) is 1. The van der Waals surface area contributed by atoms with Gasteiger partial charge in [-0.25, -0.2) is 0 Å². The monoisotopic (exact) mass is 221 g/mol. The highest BCUT2D eigenvalue weighted by Crippen LogP contribution is 2.25. The molecule has 0 unspecified atom stereocenters. The Morgan fingerprint density at radius 3 is 2.87 bits per heavy atom. The summed E-state index contributed by atoms with van der Waals surface area (Å²) in [6.45, 7) is 5.95.